The number of rotatable bonds is 6. The number of nitrogens with one attached hydrogen (secondary N) is 1. The van der Waals surface area contributed by atoms with Gasteiger partial charge in [0.1, 0.15) is 5.76 Å². The Morgan fingerprint density at radius 2 is 2.21 bits per heavy atom. The molecular formula is C11H19NO2. The molecule has 0 saturated carbocycles. The second-order valence-corrected chi connectivity index (χ2v) is 3.61. The summed E-state index contributed by atoms with van der Waals surface area (Å²) in [6.45, 7) is 7.74. The van der Waals surface area contributed by atoms with Gasteiger partial charge < -0.3 is 14.5 Å². The van der Waals surface area contributed by atoms with Crippen LogP contribution in [0.1, 0.15) is 32.6 Å². The fourth-order valence-corrected chi connectivity index (χ4v) is 1.21. The van der Waals surface area contributed by atoms with E-state index in [1.807, 2.05) is 26.0 Å². The molecule has 0 fully saturated rings. The van der Waals surface area contributed by atoms with E-state index in [1.54, 1.807) is 6.26 Å². The topological polar surface area (TPSA) is 34.4 Å². The lowest BCUT2D eigenvalue weighted by atomic mass is 10.2. The van der Waals surface area contributed by atoms with E-state index in [2.05, 4.69) is 12.2 Å². The minimum Gasteiger partial charge on any atom is -0.468 e. The molecule has 0 spiro atoms. The molecule has 1 heterocycles. The van der Waals surface area contributed by atoms with E-state index in [0.29, 0.717) is 6.10 Å². The third-order valence-electron chi connectivity index (χ3n) is 1.97. The van der Waals surface area contributed by atoms with Crippen molar-refractivity contribution in [1.29, 1.82) is 0 Å². The van der Waals surface area contributed by atoms with Gasteiger partial charge in [0.05, 0.1) is 25.0 Å². The van der Waals surface area contributed by atoms with Crippen molar-refractivity contribution in [2.75, 3.05) is 13.2 Å². The first-order valence-corrected chi connectivity index (χ1v) is 5.08. The van der Waals surface area contributed by atoms with Crippen LogP contribution in [-0.2, 0) is 4.74 Å². The lowest BCUT2D eigenvalue weighted by Crippen LogP contribution is -2.24. The molecule has 1 rings (SSSR count). The van der Waals surface area contributed by atoms with Crippen molar-refractivity contribution in [2.45, 2.75) is 32.9 Å². The minimum absolute atomic E-state index is 0.251. The van der Waals surface area contributed by atoms with Gasteiger partial charge in [-0.15, -0.1) is 0 Å². The fraction of sp³-hybridized carbons (Fsp3) is 0.636. The fourth-order valence-electron chi connectivity index (χ4n) is 1.21. The number of hydrogen-bond acceptors (Lipinski definition) is 3. The van der Waals surface area contributed by atoms with Gasteiger partial charge >= 0.3 is 0 Å². The number of furan rings is 1. The van der Waals surface area contributed by atoms with E-state index < -0.39 is 0 Å². The molecule has 3 heteroatoms. The SMILES string of the molecule is CC(C)OCCN[C@H](C)c1ccco1. The summed E-state index contributed by atoms with van der Waals surface area (Å²) < 4.78 is 10.7. The first kappa shape index (κ1) is 11.3. The van der Waals surface area contributed by atoms with E-state index in [4.69, 9.17) is 9.15 Å². The van der Waals surface area contributed by atoms with Crippen LogP contribution < -0.4 is 5.32 Å². The lowest BCUT2D eigenvalue weighted by Gasteiger charge is -2.12. The Bertz CT molecular complexity index is 231. The molecule has 0 aromatic carbocycles. The molecule has 3 nitrogen and oxygen atoms in total. The molecule has 0 aliphatic carbocycles. The zero-order chi connectivity index (χ0) is 10.4. The highest BCUT2D eigenvalue weighted by atomic mass is 16.5. The third kappa shape index (κ3) is 3.94. The van der Waals surface area contributed by atoms with Gasteiger partial charge in [-0.25, -0.2) is 0 Å². The van der Waals surface area contributed by atoms with E-state index >= 15 is 0 Å². The monoisotopic (exact) mass is 197 g/mol. The molecule has 0 bridgehead atoms. The van der Waals surface area contributed by atoms with Crippen LogP contribution in [0.25, 0.3) is 0 Å². The maximum atomic E-state index is 5.42. The molecule has 0 saturated heterocycles. The summed E-state index contributed by atoms with van der Waals surface area (Å²) in [5.41, 5.74) is 0. The summed E-state index contributed by atoms with van der Waals surface area (Å²) in [4.78, 5) is 0. The largest absolute Gasteiger partial charge is 0.468 e. The quantitative estimate of drug-likeness (QED) is 0.711. The highest BCUT2D eigenvalue weighted by Crippen LogP contribution is 2.11. The Hall–Kier alpha value is -0.800. The van der Waals surface area contributed by atoms with Crippen LogP contribution in [0.4, 0.5) is 0 Å². The van der Waals surface area contributed by atoms with Gasteiger partial charge in [-0.3, -0.25) is 0 Å². The van der Waals surface area contributed by atoms with Crippen molar-refractivity contribution in [2.24, 2.45) is 0 Å². The average Bonchev–Trinajstić information content (AvgIpc) is 2.64. The highest BCUT2D eigenvalue weighted by Gasteiger charge is 2.06. The maximum Gasteiger partial charge on any atom is 0.120 e. The Balaban J connectivity index is 2.13. The summed E-state index contributed by atoms with van der Waals surface area (Å²) in [5, 5.41) is 3.32. The average molecular weight is 197 g/mol. The lowest BCUT2D eigenvalue weighted by molar-refractivity contribution is 0.0792. The molecule has 0 amide bonds. The van der Waals surface area contributed by atoms with Gasteiger partial charge in [0.15, 0.2) is 0 Å². The van der Waals surface area contributed by atoms with E-state index in [1.165, 1.54) is 0 Å². The zero-order valence-electron chi connectivity index (χ0n) is 9.12. The molecule has 1 N–H and O–H groups in total. The summed E-state index contributed by atoms with van der Waals surface area (Å²) in [6, 6.07) is 4.12. The predicted octanol–water partition coefficient (Wildman–Crippen LogP) is 2.36. The number of ether oxygens (including phenoxy) is 1. The van der Waals surface area contributed by atoms with Crippen LogP contribution in [0.5, 0.6) is 0 Å². The first-order chi connectivity index (χ1) is 6.70. The Labute approximate surface area is 85.4 Å². The van der Waals surface area contributed by atoms with E-state index in [9.17, 15) is 0 Å². The minimum atomic E-state index is 0.251. The first-order valence-electron chi connectivity index (χ1n) is 5.08. The predicted molar refractivity (Wildman–Crippen MR) is 56.2 cm³/mol. The molecule has 0 radical (unpaired) electrons. The summed E-state index contributed by atoms with van der Waals surface area (Å²) in [6.07, 6.45) is 1.99. The van der Waals surface area contributed by atoms with Gasteiger partial charge in [0.2, 0.25) is 0 Å². The van der Waals surface area contributed by atoms with Gasteiger partial charge in [0.25, 0.3) is 0 Å². The third-order valence-corrected chi connectivity index (χ3v) is 1.97. The molecule has 0 aliphatic heterocycles. The van der Waals surface area contributed by atoms with Gasteiger partial charge in [0, 0.05) is 6.54 Å². The van der Waals surface area contributed by atoms with Crippen molar-refractivity contribution >= 4 is 0 Å². The van der Waals surface area contributed by atoms with Crippen LogP contribution in [0.3, 0.4) is 0 Å². The van der Waals surface area contributed by atoms with Crippen LogP contribution >= 0.6 is 0 Å². The Morgan fingerprint density at radius 1 is 1.43 bits per heavy atom. The van der Waals surface area contributed by atoms with Gasteiger partial charge in [-0.2, -0.15) is 0 Å². The molecule has 0 unspecified atom stereocenters. The van der Waals surface area contributed by atoms with Crippen molar-refractivity contribution in [1.82, 2.24) is 5.32 Å². The molecule has 1 aromatic rings. The van der Waals surface area contributed by atoms with Crippen LogP contribution in [0, 0.1) is 0 Å². The molecule has 0 aliphatic rings. The number of hydrogen-bond donors (Lipinski definition) is 1. The molecule has 1 atom stereocenters. The maximum absolute atomic E-state index is 5.42. The van der Waals surface area contributed by atoms with E-state index in [-0.39, 0.29) is 6.04 Å². The molecule has 1 aromatic heterocycles. The smallest absolute Gasteiger partial charge is 0.120 e. The second-order valence-electron chi connectivity index (χ2n) is 3.61. The summed E-state index contributed by atoms with van der Waals surface area (Å²) in [7, 11) is 0. The Kier molecular flexibility index (Phi) is 4.70. The van der Waals surface area contributed by atoms with Crippen LogP contribution in [0.15, 0.2) is 22.8 Å². The highest BCUT2D eigenvalue weighted by molar-refractivity contribution is 5.02. The standard InChI is InChI=1S/C11H19NO2/c1-9(2)13-8-6-12-10(3)11-5-4-7-14-11/h4-5,7,9-10,12H,6,8H2,1-3H3/t10-/m1/s1. The zero-order valence-corrected chi connectivity index (χ0v) is 9.12. The second kappa shape index (κ2) is 5.83. The van der Waals surface area contributed by atoms with Crippen molar-refractivity contribution in [3.05, 3.63) is 24.2 Å². The summed E-state index contributed by atoms with van der Waals surface area (Å²) >= 11 is 0. The van der Waals surface area contributed by atoms with Crippen LogP contribution in [0.2, 0.25) is 0 Å². The van der Waals surface area contributed by atoms with Gasteiger partial charge in [-0.05, 0) is 32.9 Å². The molecule has 80 valence electrons. The molecule has 14 heavy (non-hydrogen) atoms. The molecular weight excluding hydrogens is 178 g/mol. The Morgan fingerprint density at radius 3 is 2.79 bits per heavy atom. The van der Waals surface area contributed by atoms with Gasteiger partial charge in [-0.1, -0.05) is 0 Å². The van der Waals surface area contributed by atoms with Crippen LogP contribution in [-0.4, -0.2) is 19.3 Å². The van der Waals surface area contributed by atoms with Crippen molar-refractivity contribution in [3.8, 4) is 0 Å². The summed E-state index contributed by atoms with van der Waals surface area (Å²) in [5.74, 6) is 0.967. The van der Waals surface area contributed by atoms with E-state index in [0.717, 1.165) is 18.9 Å². The van der Waals surface area contributed by atoms with Crippen molar-refractivity contribution < 1.29 is 9.15 Å². The van der Waals surface area contributed by atoms with Crippen molar-refractivity contribution in [3.63, 3.8) is 0 Å². The normalized spacial score (nSPS) is 13.4.